The maximum atomic E-state index is 3.64. The van der Waals surface area contributed by atoms with Gasteiger partial charge in [-0.3, -0.25) is 5.32 Å². The van der Waals surface area contributed by atoms with Crippen molar-refractivity contribution in [1.29, 1.82) is 0 Å². The van der Waals surface area contributed by atoms with E-state index in [9.17, 15) is 0 Å². The van der Waals surface area contributed by atoms with Crippen LogP contribution in [0.25, 0.3) is 6.08 Å². The molecule has 0 aliphatic carbocycles. The van der Waals surface area contributed by atoms with Crippen LogP contribution in [-0.4, -0.2) is 24.2 Å². The first-order valence-electron chi connectivity index (χ1n) is 6.23. The molecule has 4 aliphatic heterocycles. The number of benzene rings is 1. The summed E-state index contributed by atoms with van der Waals surface area (Å²) in [6.07, 6.45) is 7.36. The van der Waals surface area contributed by atoms with Gasteiger partial charge in [0.25, 0.3) is 0 Å². The first-order chi connectivity index (χ1) is 8.34. The summed E-state index contributed by atoms with van der Waals surface area (Å²) < 4.78 is 0. The third-order valence-electron chi connectivity index (χ3n) is 4.53. The molecule has 1 aromatic rings. The predicted molar refractivity (Wildman–Crippen MR) is 65.4 cm³/mol. The predicted octanol–water partition coefficient (Wildman–Crippen LogP) is -2.63. The van der Waals surface area contributed by atoms with E-state index < -0.39 is 0 Å². The second-order valence-electron chi connectivity index (χ2n) is 5.42. The minimum absolute atomic E-state index is 0. The van der Waals surface area contributed by atoms with E-state index in [1.54, 1.807) is 4.90 Å². The highest BCUT2D eigenvalue weighted by atomic mass is 127. The largest absolute Gasteiger partial charge is 1.00 e. The molecule has 4 aliphatic rings. The molecule has 4 heterocycles. The fourth-order valence-corrected chi connectivity index (χ4v) is 3.79. The number of likely N-dealkylation sites (N-methyl/N-ethyl adjacent to an activating group) is 1. The Morgan fingerprint density at radius 3 is 3.06 bits per heavy atom. The molecule has 0 amide bonds. The lowest BCUT2D eigenvalue weighted by molar-refractivity contribution is -0.822. The Hall–Kier alpha value is -0.850. The van der Waals surface area contributed by atoms with E-state index in [1.807, 2.05) is 0 Å². The van der Waals surface area contributed by atoms with E-state index >= 15 is 0 Å². The number of hydrogen-bond donors (Lipinski definition) is 2. The van der Waals surface area contributed by atoms with Crippen LogP contribution in [0.5, 0.6) is 0 Å². The van der Waals surface area contributed by atoms with Crippen molar-refractivity contribution in [3.8, 4) is 0 Å². The summed E-state index contributed by atoms with van der Waals surface area (Å²) in [7, 11) is 2.20. The molecule has 5 rings (SSSR count). The van der Waals surface area contributed by atoms with Crippen molar-refractivity contribution in [1.82, 2.24) is 10.2 Å². The topological polar surface area (TPSA) is 29.6 Å². The fourth-order valence-electron chi connectivity index (χ4n) is 3.79. The molecule has 4 unspecified atom stereocenters. The molecule has 1 fully saturated rings. The molecule has 18 heavy (non-hydrogen) atoms. The minimum atomic E-state index is 0. The summed E-state index contributed by atoms with van der Waals surface area (Å²) in [4.78, 5) is 3.92. The molecule has 92 valence electrons. The zero-order chi connectivity index (χ0) is 11.1. The zero-order valence-corrected chi connectivity index (χ0v) is 12.2. The van der Waals surface area contributed by atoms with E-state index in [4.69, 9.17) is 0 Å². The van der Waals surface area contributed by atoms with Gasteiger partial charge in [-0.25, -0.2) is 4.90 Å². The monoisotopic (exact) mass is 351 g/mol. The Morgan fingerprint density at radius 2 is 2.17 bits per heavy atom. The zero-order valence-electron chi connectivity index (χ0n) is 10.0. The summed E-state index contributed by atoms with van der Waals surface area (Å²) in [5, 5.41) is 3.64. The highest BCUT2D eigenvalue weighted by Crippen LogP contribution is 2.43. The van der Waals surface area contributed by atoms with Crippen molar-refractivity contribution < 1.29 is 28.9 Å². The number of halogens is 1. The highest BCUT2D eigenvalue weighted by molar-refractivity contribution is 5.70. The molecule has 0 bridgehead atoms. The van der Waals surface area contributed by atoms with Crippen molar-refractivity contribution in [2.24, 2.45) is 0 Å². The van der Waals surface area contributed by atoms with Crippen molar-refractivity contribution >= 4 is 11.8 Å². The Labute approximate surface area is 123 Å². The highest BCUT2D eigenvalue weighted by Gasteiger charge is 2.59. The average Bonchev–Trinajstić information content (AvgIpc) is 3.06. The molecule has 3 nitrogen and oxygen atoms in total. The van der Waals surface area contributed by atoms with Crippen molar-refractivity contribution in [3.63, 3.8) is 0 Å². The second kappa shape index (κ2) is 3.37. The van der Waals surface area contributed by atoms with Gasteiger partial charge < -0.3 is 28.9 Å². The standard InChI is InChI=1S/C14H13N3.HI/c1-16-7-9-6-5-8-3-2-4-10-11-12(15-11)14(16)17(9)13(8)10;/h2-7,11-12,14-15H,1H3;1H. The summed E-state index contributed by atoms with van der Waals surface area (Å²) in [6.45, 7) is 0. The lowest BCUT2D eigenvalue weighted by Gasteiger charge is -2.32. The molecule has 4 heteroatoms. The first kappa shape index (κ1) is 11.0. The van der Waals surface area contributed by atoms with Gasteiger partial charge in [0.1, 0.15) is 11.7 Å². The van der Waals surface area contributed by atoms with E-state index in [2.05, 4.69) is 53.8 Å². The van der Waals surface area contributed by atoms with Crippen LogP contribution in [0.3, 0.4) is 0 Å². The van der Waals surface area contributed by atoms with Gasteiger partial charge in [0.05, 0.1) is 12.2 Å². The number of nitrogens with zero attached hydrogens (tertiary/aromatic N) is 1. The maximum Gasteiger partial charge on any atom is 0.189 e. The Kier molecular flexibility index (Phi) is 2.06. The number of rotatable bonds is 0. The molecule has 2 N–H and O–H groups in total. The van der Waals surface area contributed by atoms with Crippen molar-refractivity contribution in [2.75, 3.05) is 7.05 Å². The van der Waals surface area contributed by atoms with E-state index in [1.165, 1.54) is 22.5 Å². The van der Waals surface area contributed by atoms with E-state index in [-0.39, 0.29) is 24.0 Å². The smallest absolute Gasteiger partial charge is 0.189 e. The number of quaternary nitrogens is 1. The lowest BCUT2D eigenvalue weighted by atomic mass is 9.93. The quantitative estimate of drug-likeness (QED) is 0.396. The van der Waals surface area contributed by atoms with Gasteiger partial charge in [-0.15, -0.1) is 0 Å². The summed E-state index contributed by atoms with van der Waals surface area (Å²) in [5.41, 5.74) is 5.80. The third kappa shape index (κ3) is 1.12. The Balaban J connectivity index is 0.000000882. The lowest BCUT2D eigenvalue weighted by Crippen LogP contribution is -3.11. The van der Waals surface area contributed by atoms with Gasteiger partial charge in [0.2, 0.25) is 0 Å². The normalized spacial score (nSPS) is 36.5. The van der Waals surface area contributed by atoms with Gasteiger partial charge in [-0.05, 0) is 12.1 Å². The first-order valence-corrected chi connectivity index (χ1v) is 6.23. The van der Waals surface area contributed by atoms with Crippen LogP contribution < -0.4 is 34.2 Å². The van der Waals surface area contributed by atoms with Crippen LogP contribution in [0.2, 0.25) is 0 Å². The van der Waals surface area contributed by atoms with Crippen LogP contribution in [0.15, 0.2) is 36.2 Å². The molecule has 0 aromatic heterocycles. The molecular weight excluding hydrogens is 337 g/mol. The van der Waals surface area contributed by atoms with Gasteiger partial charge >= 0.3 is 0 Å². The SMILES string of the molecule is CN1C=C2C=Cc3cccc4c3[NH+]2C1C1NC41.[I-]. The number of allylic oxidation sites excluding steroid dienone is 1. The maximum absolute atomic E-state index is 3.64. The molecule has 0 spiro atoms. The molecule has 4 atom stereocenters. The summed E-state index contributed by atoms with van der Waals surface area (Å²) in [6, 6.07) is 7.91. The number of hydrogen-bond acceptors (Lipinski definition) is 2. The molecule has 1 saturated heterocycles. The summed E-state index contributed by atoms with van der Waals surface area (Å²) in [5.74, 6) is 0. The van der Waals surface area contributed by atoms with Crippen LogP contribution >= 0.6 is 0 Å². The van der Waals surface area contributed by atoms with Crippen LogP contribution in [-0.2, 0) is 0 Å². The molecule has 0 saturated carbocycles. The molecule has 0 radical (unpaired) electrons. The van der Waals surface area contributed by atoms with Crippen molar-refractivity contribution in [3.05, 3.63) is 47.3 Å². The van der Waals surface area contributed by atoms with Gasteiger partial charge in [0, 0.05) is 24.3 Å². The average molecular weight is 351 g/mol. The van der Waals surface area contributed by atoms with Crippen molar-refractivity contribution in [2.45, 2.75) is 18.2 Å². The van der Waals surface area contributed by atoms with E-state index in [0.29, 0.717) is 18.2 Å². The summed E-state index contributed by atoms with van der Waals surface area (Å²) >= 11 is 0. The van der Waals surface area contributed by atoms with Gasteiger partial charge in [-0.1, -0.05) is 12.1 Å². The van der Waals surface area contributed by atoms with Gasteiger partial charge in [0.15, 0.2) is 11.9 Å². The Morgan fingerprint density at radius 1 is 1.28 bits per heavy atom. The van der Waals surface area contributed by atoms with Crippen LogP contribution in [0.1, 0.15) is 17.2 Å². The fraction of sp³-hybridized carbons (Fsp3) is 0.286. The van der Waals surface area contributed by atoms with Crippen LogP contribution in [0, 0.1) is 0 Å². The minimum Gasteiger partial charge on any atom is -1.00 e. The van der Waals surface area contributed by atoms with E-state index in [0.717, 1.165) is 0 Å². The third-order valence-corrected chi connectivity index (χ3v) is 4.53. The van der Waals surface area contributed by atoms with Gasteiger partial charge in [-0.2, -0.15) is 0 Å². The van der Waals surface area contributed by atoms with Crippen LogP contribution in [0.4, 0.5) is 5.69 Å². The molecular formula is C14H14IN3. The second-order valence-corrected chi connectivity index (χ2v) is 5.42. The number of para-hydroxylation sites is 1. The number of fused-ring (bicyclic) bond motifs is 3. The molecule has 1 aromatic carbocycles. The Bertz CT molecular complexity index is 607. The number of nitrogens with one attached hydrogen (secondary N) is 2.